The number of amides is 1. The van der Waals surface area contributed by atoms with Crippen LogP contribution in [0.5, 0.6) is 0 Å². The highest BCUT2D eigenvalue weighted by Gasteiger charge is 2.17. The summed E-state index contributed by atoms with van der Waals surface area (Å²) in [7, 11) is 1.25. The highest BCUT2D eigenvalue weighted by Crippen LogP contribution is 2.26. The van der Waals surface area contributed by atoms with Crippen LogP contribution in [0.3, 0.4) is 0 Å². The Morgan fingerprint density at radius 2 is 1.92 bits per heavy atom. The number of carbonyl (C=O) groups excluding carboxylic acids is 2. The molecule has 26 heavy (non-hydrogen) atoms. The molecule has 10 heteroatoms. The van der Waals surface area contributed by atoms with Crippen LogP contribution in [-0.2, 0) is 19.1 Å². The molecule has 0 spiro atoms. The van der Waals surface area contributed by atoms with Crippen molar-refractivity contribution < 1.29 is 33.5 Å². The number of methoxy groups -OCH3 is 1. The summed E-state index contributed by atoms with van der Waals surface area (Å²) < 4.78 is 11.4. The fourth-order valence-corrected chi connectivity index (χ4v) is 2.10. The first-order valence-corrected chi connectivity index (χ1v) is 7.71. The number of esters is 1. The SMILES string of the molecule is COC(=O)c1ccc(NC(C)=O)c([N+](CCOCCC(=O)O)=C(N)N)c1. The third kappa shape index (κ3) is 6.40. The van der Waals surface area contributed by atoms with Gasteiger partial charge in [0.1, 0.15) is 5.69 Å². The second kappa shape index (κ2) is 9.99. The Bertz CT molecular complexity index is 713. The molecule has 6 N–H and O–H groups in total. The second-order valence-electron chi connectivity index (χ2n) is 5.24. The van der Waals surface area contributed by atoms with Crippen LogP contribution in [0, 0.1) is 0 Å². The van der Waals surface area contributed by atoms with Crippen molar-refractivity contribution in [3.8, 4) is 0 Å². The first-order chi connectivity index (χ1) is 12.3. The number of hydrogen-bond acceptors (Lipinski definition) is 5. The Hall–Kier alpha value is -3.14. The molecule has 0 saturated heterocycles. The average molecular weight is 367 g/mol. The zero-order valence-electron chi connectivity index (χ0n) is 14.7. The molecule has 0 aromatic heterocycles. The predicted molar refractivity (Wildman–Crippen MR) is 93.3 cm³/mol. The van der Waals surface area contributed by atoms with Gasteiger partial charge in [-0.05, 0) is 18.2 Å². The third-order valence-corrected chi connectivity index (χ3v) is 3.25. The highest BCUT2D eigenvalue weighted by atomic mass is 16.5. The topological polar surface area (TPSA) is 157 Å². The Balaban J connectivity index is 3.10. The van der Waals surface area contributed by atoms with Crippen LogP contribution in [-0.4, -0.2) is 60.4 Å². The molecule has 142 valence electrons. The number of ether oxygens (including phenoxy) is 2. The van der Waals surface area contributed by atoms with Crippen LogP contribution in [0.1, 0.15) is 23.7 Å². The van der Waals surface area contributed by atoms with Gasteiger partial charge >= 0.3 is 17.9 Å². The van der Waals surface area contributed by atoms with Crippen molar-refractivity contribution in [2.24, 2.45) is 11.5 Å². The molecule has 1 rings (SSSR count). The van der Waals surface area contributed by atoms with Gasteiger partial charge in [-0.25, -0.2) is 9.37 Å². The van der Waals surface area contributed by atoms with Gasteiger partial charge in [-0.2, -0.15) is 0 Å². The quantitative estimate of drug-likeness (QED) is 0.154. The standard InChI is InChI=1S/C16H22N4O6/c1-10(21)19-12-4-3-11(15(24)25-2)9-13(12)20(16(17)18)6-8-26-7-5-14(22)23/h3-4,9H,5-8H2,1-2H3,(H5,17,18,19,21,22,23,24)/p+1. The van der Waals surface area contributed by atoms with E-state index in [0.717, 1.165) is 0 Å². The number of anilines is 1. The van der Waals surface area contributed by atoms with Crippen LogP contribution in [0.15, 0.2) is 18.2 Å². The monoisotopic (exact) mass is 367 g/mol. The Labute approximate surface area is 150 Å². The maximum absolute atomic E-state index is 11.8. The number of guanidine groups is 1. The zero-order chi connectivity index (χ0) is 19.7. The van der Waals surface area contributed by atoms with E-state index in [0.29, 0.717) is 11.4 Å². The van der Waals surface area contributed by atoms with E-state index < -0.39 is 11.9 Å². The molecule has 0 atom stereocenters. The van der Waals surface area contributed by atoms with Gasteiger partial charge in [0, 0.05) is 6.92 Å². The first-order valence-electron chi connectivity index (χ1n) is 7.71. The number of aliphatic carboxylic acids is 1. The van der Waals surface area contributed by atoms with Gasteiger partial charge in [-0.1, -0.05) is 0 Å². The van der Waals surface area contributed by atoms with E-state index >= 15 is 0 Å². The van der Waals surface area contributed by atoms with Gasteiger partial charge in [0.25, 0.3) is 0 Å². The summed E-state index contributed by atoms with van der Waals surface area (Å²) in [6.45, 7) is 1.69. The number of nitrogens with one attached hydrogen (secondary N) is 1. The van der Waals surface area contributed by atoms with Crippen molar-refractivity contribution in [1.29, 1.82) is 0 Å². The normalized spacial score (nSPS) is 10.1. The van der Waals surface area contributed by atoms with Crippen molar-refractivity contribution >= 4 is 35.2 Å². The van der Waals surface area contributed by atoms with E-state index in [4.69, 9.17) is 26.0 Å². The van der Waals surface area contributed by atoms with Crippen LogP contribution < -0.4 is 16.8 Å². The molecule has 0 fully saturated rings. The van der Waals surface area contributed by atoms with Crippen molar-refractivity contribution in [3.63, 3.8) is 0 Å². The van der Waals surface area contributed by atoms with Gasteiger partial charge < -0.3 is 19.9 Å². The number of carboxylic acids is 1. The molecule has 0 bridgehead atoms. The molecule has 0 radical (unpaired) electrons. The molecule has 0 heterocycles. The van der Waals surface area contributed by atoms with Gasteiger partial charge in [0.2, 0.25) is 5.91 Å². The summed E-state index contributed by atoms with van der Waals surface area (Å²) in [4.78, 5) is 33.7. The molecule has 1 amide bonds. The predicted octanol–water partition coefficient (Wildman–Crippen LogP) is -0.160. The summed E-state index contributed by atoms with van der Waals surface area (Å²) >= 11 is 0. The molecule has 0 unspecified atom stereocenters. The molecule has 0 aliphatic heterocycles. The fourth-order valence-electron chi connectivity index (χ4n) is 2.10. The van der Waals surface area contributed by atoms with Crippen LogP contribution in [0.4, 0.5) is 11.4 Å². The number of nitrogens with two attached hydrogens (primary N) is 2. The van der Waals surface area contributed by atoms with Crippen LogP contribution in [0.25, 0.3) is 0 Å². The second-order valence-corrected chi connectivity index (χ2v) is 5.24. The summed E-state index contributed by atoms with van der Waals surface area (Å²) in [5.41, 5.74) is 12.5. The molecule has 10 nitrogen and oxygen atoms in total. The van der Waals surface area contributed by atoms with Gasteiger partial charge in [-0.3, -0.25) is 21.1 Å². The van der Waals surface area contributed by atoms with Crippen LogP contribution >= 0.6 is 0 Å². The van der Waals surface area contributed by atoms with E-state index in [-0.39, 0.29) is 43.6 Å². The first kappa shape index (κ1) is 20.9. The number of carbonyl (C=O) groups is 3. The average Bonchev–Trinajstić information content (AvgIpc) is 2.57. The lowest BCUT2D eigenvalue weighted by atomic mass is 10.1. The van der Waals surface area contributed by atoms with Gasteiger partial charge in [-0.15, -0.1) is 0 Å². The Kier molecular flexibility index (Phi) is 8.03. The van der Waals surface area contributed by atoms with Crippen molar-refractivity contribution in [1.82, 2.24) is 0 Å². The summed E-state index contributed by atoms with van der Waals surface area (Å²) in [5, 5.41) is 11.2. The van der Waals surface area contributed by atoms with Crippen molar-refractivity contribution in [3.05, 3.63) is 23.8 Å². The van der Waals surface area contributed by atoms with E-state index in [1.54, 1.807) is 0 Å². The number of benzene rings is 1. The maximum atomic E-state index is 11.8. The largest absolute Gasteiger partial charge is 0.481 e. The summed E-state index contributed by atoms with van der Waals surface area (Å²) in [6.07, 6.45) is -0.128. The molecule has 1 aromatic rings. The molecule has 0 saturated carbocycles. The van der Waals surface area contributed by atoms with Gasteiger partial charge in [0.15, 0.2) is 0 Å². The molecular weight excluding hydrogens is 344 g/mol. The van der Waals surface area contributed by atoms with Gasteiger partial charge in [0.05, 0.1) is 44.5 Å². The minimum absolute atomic E-state index is 0.0361. The lowest BCUT2D eigenvalue weighted by Gasteiger charge is -2.15. The fraction of sp³-hybridized carbons (Fsp3) is 0.375. The Morgan fingerprint density at radius 1 is 1.23 bits per heavy atom. The van der Waals surface area contributed by atoms with Crippen LogP contribution in [0.2, 0.25) is 0 Å². The van der Waals surface area contributed by atoms with E-state index in [1.165, 1.54) is 36.8 Å². The lowest BCUT2D eigenvalue weighted by molar-refractivity contribution is -0.446. The minimum atomic E-state index is -0.967. The molecular formula is C16H23N4O6+. The maximum Gasteiger partial charge on any atom is 0.346 e. The summed E-state index contributed by atoms with van der Waals surface area (Å²) in [5.74, 6) is -1.93. The molecule has 0 aliphatic rings. The highest BCUT2D eigenvalue weighted by molar-refractivity contribution is 5.95. The number of rotatable bonds is 9. The smallest absolute Gasteiger partial charge is 0.346 e. The number of hydrogen-bond donors (Lipinski definition) is 4. The molecule has 1 aromatic carbocycles. The van der Waals surface area contributed by atoms with E-state index in [1.807, 2.05) is 0 Å². The Morgan fingerprint density at radius 3 is 2.46 bits per heavy atom. The van der Waals surface area contributed by atoms with E-state index in [9.17, 15) is 14.4 Å². The molecule has 0 aliphatic carbocycles. The van der Waals surface area contributed by atoms with E-state index in [2.05, 4.69) is 5.32 Å². The lowest BCUT2D eigenvalue weighted by Crippen LogP contribution is -2.35. The zero-order valence-corrected chi connectivity index (χ0v) is 14.7. The van der Waals surface area contributed by atoms with Crippen molar-refractivity contribution in [2.45, 2.75) is 13.3 Å². The number of nitrogens with zero attached hydrogens (tertiary/aromatic N) is 1. The third-order valence-electron chi connectivity index (χ3n) is 3.25. The minimum Gasteiger partial charge on any atom is -0.481 e. The summed E-state index contributed by atoms with van der Waals surface area (Å²) in [6, 6.07) is 4.51. The number of carboxylic acid groups (broad SMARTS) is 1. The van der Waals surface area contributed by atoms with Crippen molar-refractivity contribution in [2.75, 3.05) is 32.2 Å².